The fraction of sp³-hybridized carbons (Fsp3) is 0.812. The van der Waals surface area contributed by atoms with Gasteiger partial charge >= 0.3 is 17.9 Å². The third-order valence-electron chi connectivity index (χ3n) is 4.57. The Bertz CT molecular complexity index is 453. The summed E-state index contributed by atoms with van der Waals surface area (Å²) < 4.78 is 15.5. The second kappa shape index (κ2) is 5.89. The first-order chi connectivity index (χ1) is 10.2. The highest BCUT2D eigenvalue weighted by Gasteiger charge is 2.50. The maximum Gasteiger partial charge on any atom is 0.323 e. The van der Waals surface area contributed by atoms with Gasteiger partial charge in [0, 0.05) is 13.8 Å². The molecular formula is C16H24O6. The predicted octanol–water partition coefficient (Wildman–Crippen LogP) is 2.20. The summed E-state index contributed by atoms with van der Waals surface area (Å²) in [7, 11) is 0. The fourth-order valence-electron chi connectivity index (χ4n) is 3.23. The molecule has 2 fully saturated rings. The second-order valence-corrected chi connectivity index (χ2v) is 6.84. The average molecular weight is 312 g/mol. The van der Waals surface area contributed by atoms with Gasteiger partial charge in [-0.05, 0) is 45.4 Å². The minimum absolute atomic E-state index is 0.140. The lowest BCUT2D eigenvalue weighted by atomic mass is 9.68. The monoisotopic (exact) mass is 312 g/mol. The van der Waals surface area contributed by atoms with Crippen LogP contribution >= 0.6 is 0 Å². The topological polar surface area (TPSA) is 78.9 Å². The van der Waals surface area contributed by atoms with E-state index in [2.05, 4.69) is 0 Å². The van der Waals surface area contributed by atoms with Crippen LogP contribution in [0.15, 0.2) is 0 Å². The van der Waals surface area contributed by atoms with E-state index in [0.717, 1.165) is 0 Å². The summed E-state index contributed by atoms with van der Waals surface area (Å²) in [5, 5.41) is 0. The molecule has 0 aromatic carbocycles. The maximum absolute atomic E-state index is 12.1. The first-order valence-electron chi connectivity index (χ1n) is 7.81. The van der Waals surface area contributed by atoms with E-state index in [1.54, 1.807) is 6.92 Å². The van der Waals surface area contributed by atoms with Crippen molar-refractivity contribution in [3.63, 3.8) is 0 Å². The van der Waals surface area contributed by atoms with Crippen molar-refractivity contribution in [2.45, 2.75) is 59.2 Å². The fourth-order valence-corrected chi connectivity index (χ4v) is 3.23. The Morgan fingerprint density at radius 1 is 1.14 bits per heavy atom. The SMILES string of the molecule is CCOC(=O)[C@]1(C)CC[C@@H](C2C(=O)OC(C)(C)OC2=O)CC1. The van der Waals surface area contributed by atoms with Gasteiger partial charge < -0.3 is 14.2 Å². The van der Waals surface area contributed by atoms with Gasteiger partial charge in [-0.1, -0.05) is 0 Å². The van der Waals surface area contributed by atoms with Crippen LogP contribution in [0.4, 0.5) is 0 Å². The quantitative estimate of drug-likeness (QED) is 0.587. The van der Waals surface area contributed by atoms with Crippen LogP contribution < -0.4 is 0 Å². The summed E-state index contributed by atoms with van der Waals surface area (Å²) in [6.45, 7) is 7.09. The summed E-state index contributed by atoms with van der Waals surface area (Å²) in [4.78, 5) is 36.2. The van der Waals surface area contributed by atoms with Gasteiger partial charge in [-0.3, -0.25) is 14.4 Å². The molecule has 22 heavy (non-hydrogen) atoms. The van der Waals surface area contributed by atoms with Gasteiger partial charge in [-0.25, -0.2) is 0 Å². The van der Waals surface area contributed by atoms with Crippen LogP contribution in [0.1, 0.15) is 53.4 Å². The number of rotatable bonds is 3. The van der Waals surface area contributed by atoms with Crippen LogP contribution in [0.5, 0.6) is 0 Å². The summed E-state index contributed by atoms with van der Waals surface area (Å²) in [5.74, 6) is -3.46. The summed E-state index contributed by atoms with van der Waals surface area (Å²) in [6, 6.07) is 0. The van der Waals surface area contributed by atoms with Crippen LogP contribution in [0.25, 0.3) is 0 Å². The van der Waals surface area contributed by atoms with Crippen LogP contribution in [-0.4, -0.2) is 30.3 Å². The van der Waals surface area contributed by atoms with Gasteiger partial charge in [-0.2, -0.15) is 0 Å². The van der Waals surface area contributed by atoms with E-state index in [9.17, 15) is 14.4 Å². The molecule has 0 N–H and O–H groups in total. The molecule has 1 aliphatic heterocycles. The summed E-state index contributed by atoms with van der Waals surface area (Å²) in [5.41, 5.74) is -0.533. The third-order valence-corrected chi connectivity index (χ3v) is 4.57. The normalized spacial score (nSPS) is 32.1. The van der Waals surface area contributed by atoms with Crippen molar-refractivity contribution in [1.29, 1.82) is 0 Å². The first kappa shape index (κ1) is 16.8. The first-order valence-corrected chi connectivity index (χ1v) is 7.81. The zero-order valence-corrected chi connectivity index (χ0v) is 13.6. The average Bonchev–Trinajstić information content (AvgIpc) is 2.39. The van der Waals surface area contributed by atoms with Crippen molar-refractivity contribution in [2.24, 2.45) is 17.3 Å². The number of hydrogen-bond donors (Lipinski definition) is 0. The molecule has 1 saturated heterocycles. The van der Waals surface area contributed by atoms with E-state index < -0.39 is 29.1 Å². The standard InChI is InChI=1S/C16H24O6/c1-5-20-14(19)16(4)8-6-10(7-9-16)11-12(17)21-15(2,3)22-13(11)18/h10-11H,5-9H2,1-4H3/t10-,16-. The van der Waals surface area contributed by atoms with Crippen molar-refractivity contribution in [1.82, 2.24) is 0 Å². The molecule has 0 unspecified atom stereocenters. The molecule has 6 heteroatoms. The molecule has 1 saturated carbocycles. The van der Waals surface area contributed by atoms with E-state index in [1.807, 2.05) is 6.92 Å². The predicted molar refractivity (Wildman–Crippen MR) is 76.5 cm³/mol. The number of cyclic esters (lactones) is 2. The molecule has 2 aliphatic rings. The zero-order chi connectivity index (χ0) is 16.5. The largest absolute Gasteiger partial charge is 0.466 e. The molecule has 6 nitrogen and oxygen atoms in total. The van der Waals surface area contributed by atoms with Crippen LogP contribution in [0.2, 0.25) is 0 Å². The number of ether oxygens (including phenoxy) is 3. The van der Waals surface area contributed by atoms with Gasteiger partial charge in [-0.15, -0.1) is 0 Å². The summed E-state index contributed by atoms with van der Waals surface area (Å²) in [6.07, 6.45) is 2.39. The molecule has 0 aromatic rings. The number of hydrogen-bond acceptors (Lipinski definition) is 6. The van der Waals surface area contributed by atoms with Crippen LogP contribution in [0.3, 0.4) is 0 Å². The molecule has 1 heterocycles. The van der Waals surface area contributed by atoms with Crippen molar-refractivity contribution in [3.8, 4) is 0 Å². The molecule has 0 aromatic heterocycles. The third kappa shape index (κ3) is 3.25. The Morgan fingerprint density at radius 3 is 2.09 bits per heavy atom. The van der Waals surface area contributed by atoms with E-state index in [1.165, 1.54) is 13.8 Å². The number of carbonyl (C=O) groups excluding carboxylic acids is 3. The van der Waals surface area contributed by atoms with E-state index in [0.29, 0.717) is 32.3 Å². The Kier molecular flexibility index (Phi) is 4.49. The molecular weight excluding hydrogens is 288 g/mol. The van der Waals surface area contributed by atoms with E-state index >= 15 is 0 Å². The lowest BCUT2D eigenvalue weighted by Crippen LogP contribution is -2.50. The van der Waals surface area contributed by atoms with Crippen molar-refractivity contribution in [2.75, 3.05) is 6.61 Å². The Hall–Kier alpha value is -1.59. The highest BCUT2D eigenvalue weighted by molar-refractivity contribution is 5.97. The van der Waals surface area contributed by atoms with Crippen LogP contribution in [-0.2, 0) is 28.6 Å². The highest BCUT2D eigenvalue weighted by Crippen LogP contribution is 2.44. The van der Waals surface area contributed by atoms with Gasteiger partial charge in [0.1, 0.15) is 0 Å². The Morgan fingerprint density at radius 2 is 1.64 bits per heavy atom. The second-order valence-electron chi connectivity index (χ2n) is 6.84. The molecule has 0 atom stereocenters. The lowest BCUT2D eigenvalue weighted by Gasteiger charge is -2.40. The van der Waals surface area contributed by atoms with Gasteiger partial charge in [0.25, 0.3) is 5.79 Å². The molecule has 0 spiro atoms. The highest BCUT2D eigenvalue weighted by atomic mass is 16.7. The zero-order valence-electron chi connectivity index (χ0n) is 13.6. The van der Waals surface area contributed by atoms with E-state index in [4.69, 9.17) is 14.2 Å². The minimum atomic E-state index is -1.20. The number of esters is 3. The van der Waals surface area contributed by atoms with E-state index in [-0.39, 0.29) is 11.9 Å². The smallest absolute Gasteiger partial charge is 0.323 e. The molecule has 0 radical (unpaired) electrons. The van der Waals surface area contributed by atoms with Crippen molar-refractivity contribution in [3.05, 3.63) is 0 Å². The maximum atomic E-state index is 12.1. The van der Waals surface area contributed by atoms with Gasteiger partial charge in [0.2, 0.25) is 0 Å². The van der Waals surface area contributed by atoms with Gasteiger partial charge in [0.15, 0.2) is 5.92 Å². The van der Waals surface area contributed by atoms with Crippen molar-refractivity contribution >= 4 is 17.9 Å². The van der Waals surface area contributed by atoms with Gasteiger partial charge in [0.05, 0.1) is 12.0 Å². The Balaban J connectivity index is 2.01. The molecule has 2 rings (SSSR count). The van der Waals surface area contributed by atoms with Crippen molar-refractivity contribution < 1.29 is 28.6 Å². The number of carbonyl (C=O) groups is 3. The summed E-state index contributed by atoms with van der Waals surface area (Å²) >= 11 is 0. The molecule has 0 amide bonds. The molecule has 0 bridgehead atoms. The Labute approximate surface area is 130 Å². The molecule has 124 valence electrons. The minimum Gasteiger partial charge on any atom is -0.466 e. The molecule has 1 aliphatic carbocycles. The van der Waals surface area contributed by atoms with Crippen LogP contribution in [0, 0.1) is 17.3 Å². The lowest BCUT2D eigenvalue weighted by molar-refractivity contribution is -0.243.